The minimum atomic E-state index is -0.170. The topological polar surface area (TPSA) is 65.5 Å². The van der Waals surface area contributed by atoms with E-state index in [1.54, 1.807) is 12.3 Å². The molecule has 0 atom stereocenters. The van der Waals surface area contributed by atoms with Gasteiger partial charge < -0.3 is 15.3 Å². The van der Waals surface area contributed by atoms with Gasteiger partial charge in [-0.15, -0.1) is 0 Å². The number of pyridine rings is 1. The second-order valence-corrected chi connectivity index (χ2v) is 5.65. The number of nitrogens with zero attached hydrogens (tertiary/aromatic N) is 2. The molecule has 2 heterocycles. The fourth-order valence-corrected chi connectivity index (χ4v) is 2.42. The summed E-state index contributed by atoms with van der Waals surface area (Å²) in [5.41, 5.74) is 0. The van der Waals surface area contributed by atoms with Gasteiger partial charge in [0.2, 0.25) is 5.91 Å². The number of aliphatic hydroxyl groups excluding tert-OH is 1. The smallest absolute Gasteiger partial charge is 0.226 e. The molecule has 0 spiro atoms. The van der Waals surface area contributed by atoms with Crippen molar-refractivity contribution in [2.75, 3.05) is 25.0 Å². The minimum Gasteiger partial charge on any atom is -0.393 e. The number of amides is 1. The van der Waals surface area contributed by atoms with Crippen LogP contribution in [0.1, 0.15) is 19.3 Å². The maximum absolute atomic E-state index is 11.8. The van der Waals surface area contributed by atoms with E-state index >= 15 is 0 Å². The highest BCUT2D eigenvalue weighted by Gasteiger charge is 2.17. The van der Waals surface area contributed by atoms with Crippen LogP contribution < -0.4 is 5.32 Å². The third-order valence-corrected chi connectivity index (χ3v) is 3.69. The highest BCUT2D eigenvalue weighted by molar-refractivity contribution is 9.10. The van der Waals surface area contributed by atoms with Crippen LogP contribution in [0.4, 0.5) is 5.82 Å². The number of carbonyl (C=O) groups is 1. The van der Waals surface area contributed by atoms with Crippen molar-refractivity contribution in [3.8, 4) is 0 Å². The fourth-order valence-electron chi connectivity index (χ4n) is 2.08. The average molecular weight is 328 g/mol. The van der Waals surface area contributed by atoms with Gasteiger partial charge in [0.15, 0.2) is 0 Å². The monoisotopic (exact) mass is 327 g/mol. The molecule has 1 aliphatic rings. The van der Waals surface area contributed by atoms with Crippen LogP contribution in [0.5, 0.6) is 0 Å². The van der Waals surface area contributed by atoms with E-state index in [-0.39, 0.29) is 12.0 Å². The molecule has 1 amide bonds. The summed E-state index contributed by atoms with van der Waals surface area (Å²) in [7, 11) is 0. The Bertz CT molecular complexity index is 434. The Balaban J connectivity index is 1.73. The van der Waals surface area contributed by atoms with Crippen molar-refractivity contribution in [2.45, 2.75) is 25.4 Å². The summed E-state index contributed by atoms with van der Waals surface area (Å²) in [4.78, 5) is 18.1. The van der Waals surface area contributed by atoms with E-state index in [0.29, 0.717) is 12.2 Å². The Morgan fingerprint density at radius 1 is 1.53 bits per heavy atom. The molecule has 0 unspecified atom stereocenters. The molecule has 0 bridgehead atoms. The van der Waals surface area contributed by atoms with Gasteiger partial charge in [0, 0.05) is 36.7 Å². The number of aromatic nitrogens is 1. The minimum absolute atomic E-state index is 0.0308. The molecule has 0 aromatic carbocycles. The summed E-state index contributed by atoms with van der Waals surface area (Å²) in [6, 6.07) is 3.59. The lowest BCUT2D eigenvalue weighted by atomic mass is 10.1. The summed E-state index contributed by atoms with van der Waals surface area (Å²) in [5.74, 6) is 0.533. The number of hydrogen-bond donors (Lipinski definition) is 2. The molecule has 0 aliphatic carbocycles. The zero-order valence-corrected chi connectivity index (χ0v) is 12.3. The molecule has 0 radical (unpaired) electrons. The SMILES string of the molecule is O=C(CCN1CCC(O)CC1)Nc1cc(Br)ccn1. The van der Waals surface area contributed by atoms with Crippen LogP contribution in [0.15, 0.2) is 22.8 Å². The van der Waals surface area contributed by atoms with E-state index in [9.17, 15) is 9.90 Å². The molecule has 1 aromatic rings. The molecule has 1 saturated heterocycles. The van der Waals surface area contributed by atoms with Crippen molar-refractivity contribution >= 4 is 27.7 Å². The summed E-state index contributed by atoms with van der Waals surface area (Å²) in [6.45, 7) is 2.46. The number of carbonyl (C=O) groups excluding carboxylic acids is 1. The van der Waals surface area contributed by atoms with Gasteiger partial charge in [-0.05, 0) is 25.0 Å². The number of hydrogen-bond acceptors (Lipinski definition) is 4. The Hall–Kier alpha value is -0.980. The van der Waals surface area contributed by atoms with Crippen LogP contribution in [0.2, 0.25) is 0 Å². The quantitative estimate of drug-likeness (QED) is 0.882. The van der Waals surface area contributed by atoms with Crippen molar-refractivity contribution in [3.63, 3.8) is 0 Å². The van der Waals surface area contributed by atoms with E-state index in [1.807, 2.05) is 6.07 Å². The van der Waals surface area contributed by atoms with Crippen molar-refractivity contribution < 1.29 is 9.90 Å². The number of halogens is 1. The third-order valence-electron chi connectivity index (χ3n) is 3.20. The predicted octanol–water partition coefficient (Wildman–Crippen LogP) is 1.63. The summed E-state index contributed by atoms with van der Waals surface area (Å²) in [6.07, 6.45) is 3.52. The highest BCUT2D eigenvalue weighted by Crippen LogP contribution is 2.13. The molecule has 19 heavy (non-hydrogen) atoms. The number of anilines is 1. The first kappa shape index (κ1) is 14.4. The summed E-state index contributed by atoms with van der Waals surface area (Å²) >= 11 is 3.34. The van der Waals surface area contributed by atoms with Crippen molar-refractivity contribution in [1.29, 1.82) is 0 Å². The predicted molar refractivity (Wildman–Crippen MR) is 76.9 cm³/mol. The molecular formula is C13H18BrN3O2. The number of aliphatic hydroxyl groups is 1. The van der Waals surface area contributed by atoms with Gasteiger partial charge in [-0.25, -0.2) is 4.98 Å². The zero-order valence-electron chi connectivity index (χ0n) is 10.7. The van der Waals surface area contributed by atoms with Gasteiger partial charge >= 0.3 is 0 Å². The highest BCUT2D eigenvalue weighted by atomic mass is 79.9. The summed E-state index contributed by atoms with van der Waals surface area (Å²) < 4.78 is 0.891. The molecule has 0 saturated carbocycles. The number of nitrogens with one attached hydrogen (secondary N) is 1. The Kier molecular flexibility index (Phi) is 5.30. The van der Waals surface area contributed by atoms with Crippen LogP contribution in [-0.4, -0.2) is 46.6 Å². The van der Waals surface area contributed by atoms with E-state index < -0.39 is 0 Å². The third kappa shape index (κ3) is 4.89. The van der Waals surface area contributed by atoms with Crippen LogP contribution >= 0.6 is 15.9 Å². The van der Waals surface area contributed by atoms with E-state index in [2.05, 4.69) is 31.1 Å². The van der Waals surface area contributed by atoms with Crippen LogP contribution in [0.3, 0.4) is 0 Å². The van der Waals surface area contributed by atoms with Gasteiger partial charge in [-0.1, -0.05) is 15.9 Å². The van der Waals surface area contributed by atoms with Gasteiger partial charge in [-0.2, -0.15) is 0 Å². The standard InChI is InChI=1S/C13H18BrN3O2/c14-10-1-5-15-12(9-10)16-13(19)4-8-17-6-2-11(18)3-7-17/h1,5,9,11,18H,2-4,6-8H2,(H,15,16,19). The molecule has 6 heteroatoms. The number of piperidine rings is 1. The molecule has 2 N–H and O–H groups in total. The fraction of sp³-hybridized carbons (Fsp3) is 0.538. The van der Waals surface area contributed by atoms with Crippen molar-refractivity contribution in [3.05, 3.63) is 22.8 Å². The van der Waals surface area contributed by atoms with Crippen molar-refractivity contribution in [2.24, 2.45) is 0 Å². The van der Waals surface area contributed by atoms with E-state index in [0.717, 1.165) is 36.9 Å². The molecule has 5 nitrogen and oxygen atoms in total. The first-order valence-corrected chi connectivity index (χ1v) is 7.24. The summed E-state index contributed by atoms with van der Waals surface area (Å²) in [5, 5.41) is 12.2. The van der Waals surface area contributed by atoms with Crippen LogP contribution in [0.25, 0.3) is 0 Å². The zero-order chi connectivity index (χ0) is 13.7. The maximum atomic E-state index is 11.8. The van der Waals surface area contributed by atoms with Crippen LogP contribution in [-0.2, 0) is 4.79 Å². The second kappa shape index (κ2) is 6.98. The molecule has 1 aromatic heterocycles. The number of likely N-dealkylation sites (tertiary alicyclic amines) is 1. The largest absolute Gasteiger partial charge is 0.393 e. The lowest BCUT2D eigenvalue weighted by Gasteiger charge is -2.29. The van der Waals surface area contributed by atoms with E-state index in [4.69, 9.17) is 0 Å². The first-order valence-electron chi connectivity index (χ1n) is 6.45. The molecule has 1 fully saturated rings. The average Bonchev–Trinajstić information content (AvgIpc) is 2.38. The number of rotatable bonds is 4. The Labute approximate surface area is 121 Å². The molecule has 2 rings (SSSR count). The molecule has 1 aliphatic heterocycles. The van der Waals surface area contributed by atoms with Gasteiger partial charge in [-0.3, -0.25) is 4.79 Å². The van der Waals surface area contributed by atoms with Gasteiger partial charge in [0.1, 0.15) is 5.82 Å². The molecule has 104 valence electrons. The molecular weight excluding hydrogens is 310 g/mol. The first-order chi connectivity index (χ1) is 9.13. The van der Waals surface area contributed by atoms with Gasteiger partial charge in [0.05, 0.1) is 6.10 Å². The Morgan fingerprint density at radius 3 is 2.95 bits per heavy atom. The van der Waals surface area contributed by atoms with E-state index in [1.165, 1.54) is 0 Å². The van der Waals surface area contributed by atoms with Crippen molar-refractivity contribution in [1.82, 2.24) is 9.88 Å². The maximum Gasteiger partial charge on any atom is 0.226 e. The lowest BCUT2D eigenvalue weighted by Crippen LogP contribution is -2.37. The normalized spacial score (nSPS) is 17.4. The second-order valence-electron chi connectivity index (χ2n) is 4.73. The lowest BCUT2D eigenvalue weighted by molar-refractivity contribution is -0.116. The van der Waals surface area contributed by atoms with Crippen LogP contribution in [0, 0.1) is 0 Å². The van der Waals surface area contributed by atoms with Gasteiger partial charge in [0.25, 0.3) is 0 Å². The Morgan fingerprint density at radius 2 is 2.26 bits per heavy atom.